The molecule has 5 nitrogen and oxygen atoms in total. The van der Waals surface area contributed by atoms with Crippen molar-refractivity contribution in [3.05, 3.63) is 80.7 Å². The Kier molecular flexibility index (Phi) is 7.59. The van der Waals surface area contributed by atoms with E-state index in [0.29, 0.717) is 18.0 Å². The number of sulfonamides is 1. The van der Waals surface area contributed by atoms with Crippen LogP contribution in [0, 0.1) is 5.82 Å². The Morgan fingerprint density at radius 1 is 1.13 bits per heavy atom. The monoisotopic (exact) mass is 500 g/mol. The van der Waals surface area contributed by atoms with Crippen molar-refractivity contribution in [1.82, 2.24) is 5.32 Å². The Bertz CT molecular complexity index is 1150. The van der Waals surface area contributed by atoms with E-state index in [1.165, 1.54) is 43.3 Å². The highest BCUT2D eigenvalue weighted by Crippen LogP contribution is 2.31. The summed E-state index contributed by atoms with van der Waals surface area (Å²) in [5.41, 5.74) is -0.316. The third-order valence-electron chi connectivity index (χ3n) is 4.50. The maximum absolute atomic E-state index is 14.7. The first kappa shape index (κ1) is 23.5. The SMILES string of the molecule is CC(C(=O)NCCc1cccs1)N(c1cc(Cl)ccc1F)S(=O)(=O)c1ccc(Cl)cc1. The van der Waals surface area contributed by atoms with E-state index in [0.717, 1.165) is 15.2 Å². The topological polar surface area (TPSA) is 66.5 Å². The zero-order valence-electron chi connectivity index (χ0n) is 16.4. The van der Waals surface area contributed by atoms with Crippen molar-refractivity contribution < 1.29 is 17.6 Å². The van der Waals surface area contributed by atoms with E-state index in [1.54, 1.807) is 11.3 Å². The lowest BCUT2D eigenvalue weighted by molar-refractivity contribution is -0.121. The molecule has 10 heteroatoms. The fourth-order valence-electron chi connectivity index (χ4n) is 2.94. The molecule has 0 aliphatic carbocycles. The number of carbonyl (C=O) groups excluding carboxylic acids is 1. The highest BCUT2D eigenvalue weighted by atomic mass is 35.5. The molecule has 0 saturated carbocycles. The van der Waals surface area contributed by atoms with Crippen molar-refractivity contribution in [2.45, 2.75) is 24.3 Å². The van der Waals surface area contributed by atoms with Crippen LogP contribution in [0.4, 0.5) is 10.1 Å². The number of rotatable bonds is 8. The highest BCUT2D eigenvalue weighted by molar-refractivity contribution is 7.93. The van der Waals surface area contributed by atoms with Gasteiger partial charge in [-0.15, -0.1) is 11.3 Å². The molecule has 1 N–H and O–H groups in total. The van der Waals surface area contributed by atoms with E-state index < -0.39 is 27.8 Å². The van der Waals surface area contributed by atoms with Crippen LogP contribution in [0.5, 0.6) is 0 Å². The van der Waals surface area contributed by atoms with E-state index in [4.69, 9.17) is 23.2 Å². The minimum Gasteiger partial charge on any atom is -0.354 e. The van der Waals surface area contributed by atoms with Crippen LogP contribution in [-0.4, -0.2) is 26.9 Å². The van der Waals surface area contributed by atoms with E-state index in [9.17, 15) is 17.6 Å². The van der Waals surface area contributed by atoms with Crippen LogP contribution in [0.2, 0.25) is 10.0 Å². The summed E-state index contributed by atoms with van der Waals surface area (Å²) < 4.78 is 42.2. The molecule has 0 spiro atoms. The Hall–Kier alpha value is -2.13. The summed E-state index contributed by atoms with van der Waals surface area (Å²) in [4.78, 5) is 13.8. The van der Waals surface area contributed by atoms with E-state index >= 15 is 0 Å². The van der Waals surface area contributed by atoms with E-state index in [2.05, 4.69) is 5.32 Å². The summed E-state index contributed by atoms with van der Waals surface area (Å²) in [6.45, 7) is 1.71. The molecule has 1 heterocycles. The zero-order valence-corrected chi connectivity index (χ0v) is 19.5. The van der Waals surface area contributed by atoms with Crippen molar-refractivity contribution in [1.29, 1.82) is 0 Å². The lowest BCUT2D eigenvalue weighted by Gasteiger charge is -2.30. The van der Waals surface area contributed by atoms with Gasteiger partial charge in [0.1, 0.15) is 11.9 Å². The maximum atomic E-state index is 14.7. The number of thiophene rings is 1. The van der Waals surface area contributed by atoms with Crippen molar-refractivity contribution in [2.24, 2.45) is 0 Å². The molecule has 0 saturated heterocycles. The third kappa shape index (κ3) is 5.57. The molecular weight excluding hydrogens is 482 g/mol. The van der Waals surface area contributed by atoms with E-state index in [-0.39, 0.29) is 15.6 Å². The molecule has 3 rings (SSSR count). The van der Waals surface area contributed by atoms with Gasteiger partial charge in [0.05, 0.1) is 10.6 Å². The van der Waals surface area contributed by atoms with Crippen LogP contribution in [0.3, 0.4) is 0 Å². The van der Waals surface area contributed by atoms with Crippen molar-refractivity contribution in [3.63, 3.8) is 0 Å². The first-order valence-electron chi connectivity index (χ1n) is 9.25. The summed E-state index contributed by atoms with van der Waals surface area (Å²) >= 11 is 13.4. The van der Waals surface area contributed by atoms with Gasteiger partial charge in [-0.3, -0.25) is 9.10 Å². The molecule has 0 aliphatic heterocycles. The van der Waals surface area contributed by atoms with Crippen LogP contribution < -0.4 is 9.62 Å². The third-order valence-corrected chi connectivity index (χ3v) is 7.82. The molecule has 3 aromatic rings. The van der Waals surface area contributed by atoms with Gasteiger partial charge in [-0.25, -0.2) is 12.8 Å². The quantitative estimate of drug-likeness (QED) is 0.465. The predicted molar refractivity (Wildman–Crippen MR) is 123 cm³/mol. The average Bonchev–Trinajstić information content (AvgIpc) is 3.24. The molecule has 2 aromatic carbocycles. The van der Waals surface area contributed by atoms with Crippen LogP contribution >= 0.6 is 34.5 Å². The first-order valence-corrected chi connectivity index (χ1v) is 12.3. The number of amides is 1. The largest absolute Gasteiger partial charge is 0.354 e. The number of halogens is 3. The van der Waals surface area contributed by atoms with Gasteiger partial charge in [0.2, 0.25) is 5.91 Å². The van der Waals surface area contributed by atoms with Gasteiger partial charge < -0.3 is 5.32 Å². The fraction of sp³-hybridized carbons (Fsp3) is 0.190. The highest BCUT2D eigenvalue weighted by Gasteiger charge is 2.35. The summed E-state index contributed by atoms with van der Waals surface area (Å²) in [5, 5.41) is 5.14. The Balaban J connectivity index is 1.94. The molecule has 1 amide bonds. The van der Waals surface area contributed by atoms with Gasteiger partial charge in [-0.1, -0.05) is 29.3 Å². The van der Waals surface area contributed by atoms with Crippen LogP contribution in [0.1, 0.15) is 11.8 Å². The Morgan fingerprint density at radius 2 is 1.81 bits per heavy atom. The summed E-state index contributed by atoms with van der Waals surface area (Å²) in [6, 6.07) is 11.6. The fourth-order valence-corrected chi connectivity index (χ4v) is 5.56. The molecule has 164 valence electrons. The number of nitrogens with one attached hydrogen (secondary N) is 1. The van der Waals surface area contributed by atoms with Crippen LogP contribution in [-0.2, 0) is 21.2 Å². The summed E-state index contributed by atoms with van der Waals surface area (Å²) in [7, 11) is -4.31. The molecule has 1 atom stereocenters. The van der Waals surface area contributed by atoms with Gasteiger partial charge >= 0.3 is 0 Å². The van der Waals surface area contributed by atoms with Gasteiger partial charge in [0.25, 0.3) is 10.0 Å². The number of hydrogen-bond donors (Lipinski definition) is 1. The van der Waals surface area contributed by atoms with Gasteiger partial charge in [0, 0.05) is 21.5 Å². The second kappa shape index (κ2) is 9.99. The second-order valence-corrected chi connectivity index (χ2v) is 10.4. The number of benzene rings is 2. The normalized spacial score (nSPS) is 12.4. The number of carbonyl (C=O) groups is 1. The minimum absolute atomic E-state index is 0.130. The molecule has 1 aromatic heterocycles. The molecular formula is C21H19Cl2FN2O3S2. The number of anilines is 1. The summed E-state index contributed by atoms with van der Waals surface area (Å²) in [6.07, 6.45) is 0.603. The Morgan fingerprint density at radius 3 is 2.45 bits per heavy atom. The average molecular weight is 501 g/mol. The first-order chi connectivity index (χ1) is 14.7. The number of nitrogens with zero attached hydrogens (tertiary/aromatic N) is 1. The van der Waals surface area contributed by atoms with Crippen molar-refractivity contribution in [2.75, 3.05) is 10.8 Å². The number of hydrogen-bond acceptors (Lipinski definition) is 4. The maximum Gasteiger partial charge on any atom is 0.265 e. The van der Waals surface area contributed by atoms with Crippen LogP contribution in [0.25, 0.3) is 0 Å². The molecule has 31 heavy (non-hydrogen) atoms. The van der Waals surface area contributed by atoms with Gasteiger partial charge in [-0.2, -0.15) is 0 Å². The van der Waals surface area contributed by atoms with Crippen LogP contribution in [0.15, 0.2) is 64.9 Å². The van der Waals surface area contributed by atoms with E-state index in [1.807, 2.05) is 17.5 Å². The predicted octanol–water partition coefficient (Wildman–Crippen LogP) is 5.14. The zero-order chi connectivity index (χ0) is 22.6. The smallest absolute Gasteiger partial charge is 0.265 e. The van der Waals surface area contributed by atoms with Gasteiger partial charge in [0.15, 0.2) is 0 Å². The molecule has 0 bridgehead atoms. The molecule has 1 unspecified atom stereocenters. The van der Waals surface area contributed by atoms with Gasteiger partial charge in [-0.05, 0) is 67.3 Å². The Labute approximate surface area is 194 Å². The minimum atomic E-state index is -4.31. The molecule has 0 fully saturated rings. The second-order valence-electron chi connectivity index (χ2n) is 6.65. The molecule has 0 aliphatic rings. The van der Waals surface area contributed by atoms with Crippen molar-refractivity contribution in [3.8, 4) is 0 Å². The lowest BCUT2D eigenvalue weighted by Crippen LogP contribution is -2.48. The van der Waals surface area contributed by atoms with Crippen molar-refractivity contribution >= 4 is 56.2 Å². The standard InChI is InChI=1S/C21H19Cl2FN2O3S2/c1-14(21(27)25-11-10-17-3-2-12-30-17)26(20-13-16(23)6-9-19(20)24)31(28,29)18-7-4-15(22)5-8-18/h2-9,12-14H,10-11H2,1H3,(H,25,27). The lowest BCUT2D eigenvalue weighted by atomic mass is 10.2. The summed E-state index contributed by atoms with van der Waals surface area (Å²) in [5.74, 6) is -1.38. The molecule has 0 radical (unpaired) electrons.